The van der Waals surface area contributed by atoms with Gasteiger partial charge in [0.2, 0.25) is 5.91 Å². The average molecular weight is 622 g/mol. The van der Waals surface area contributed by atoms with Crippen LogP contribution in [-0.4, -0.2) is 41.6 Å². The van der Waals surface area contributed by atoms with E-state index >= 15 is 0 Å². The fourth-order valence-electron chi connectivity index (χ4n) is 6.60. The zero-order valence-electron chi connectivity index (χ0n) is 24.5. The van der Waals surface area contributed by atoms with Gasteiger partial charge in [0.1, 0.15) is 11.3 Å². The molecule has 0 radical (unpaired) electrons. The van der Waals surface area contributed by atoms with Gasteiger partial charge in [0.15, 0.2) is 17.1 Å². The van der Waals surface area contributed by atoms with Crippen molar-refractivity contribution in [1.82, 2.24) is 10.2 Å². The summed E-state index contributed by atoms with van der Waals surface area (Å²) >= 11 is 1.19. The van der Waals surface area contributed by atoms with E-state index in [1.54, 1.807) is 35.4 Å². The highest BCUT2D eigenvalue weighted by Crippen LogP contribution is 2.50. The Morgan fingerprint density at radius 1 is 1.18 bits per heavy atom. The Kier molecular flexibility index (Phi) is 6.77. The van der Waals surface area contributed by atoms with Crippen molar-refractivity contribution in [3.8, 4) is 11.5 Å². The molecule has 0 spiro atoms. The predicted octanol–water partition coefficient (Wildman–Crippen LogP) is 4.63. The summed E-state index contributed by atoms with van der Waals surface area (Å²) in [7, 11) is 0. The van der Waals surface area contributed by atoms with Crippen LogP contribution in [0.2, 0.25) is 0 Å². The van der Waals surface area contributed by atoms with Crippen molar-refractivity contribution in [2.75, 3.05) is 18.8 Å². The number of nitrogens with zero attached hydrogens (tertiary/aromatic N) is 1. The van der Waals surface area contributed by atoms with Crippen molar-refractivity contribution in [1.29, 1.82) is 0 Å². The summed E-state index contributed by atoms with van der Waals surface area (Å²) in [5, 5.41) is 4.56. The van der Waals surface area contributed by atoms with E-state index in [1.807, 2.05) is 37.3 Å². The second kappa shape index (κ2) is 10.6. The van der Waals surface area contributed by atoms with Crippen LogP contribution in [0.5, 0.6) is 11.5 Å². The summed E-state index contributed by atoms with van der Waals surface area (Å²) in [5.41, 5.74) is 21.9. The minimum atomic E-state index is -1.60. The molecule has 2 aromatic heterocycles. The number of ketones is 1. The van der Waals surface area contributed by atoms with E-state index in [0.29, 0.717) is 73.9 Å². The maximum atomic E-state index is 14.2. The average Bonchev–Trinajstić information content (AvgIpc) is 3.79. The number of benzene rings is 3. The predicted molar refractivity (Wildman–Crippen MR) is 173 cm³/mol. The number of para-hydroxylation sites is 1. The van der Waals surface area contributed by atoms with E-state index in [2.05, 4.69) is 11.9 Å². The zero-order chi connectivity index (χ0) is 31.6. The van der Waals surface area contributed by atoms with Crippen molar-refractivity contribution in [2.24, 2.45) is 11.5 Å². The molecular formula is C34H31N5O5S. The number of nitrogens with one attached hydrogen (secondary N) is 1. The third-order valence-corrected chi connectivity index (χ3v) is 10.1. The summed E-state index contributed by atoms with van der Waals surface area (Å²) in [6.07, 6.45) is 3.47. The Bertz CT molecular complexity index is 2060. The van der Waals surface area contributed by atoms with Crippen LogP contribution in [0.3, 0.4) is 0 Å². The fourth-order valence-corrected chi connectivity index (χ4v) is 7.80. The number of likely N-dealkylation sites (tertiary alicyclic amines) is 1. The first kappa shape index (κ1) is 28.8. The Labute approximate surface area is 262 Å². The number of anilines is 1. The highest BCUT2D eigenvalue weighted by atomic mass is 32.1. The molecule has 1 aliphatic heterocycles. The van der Waals surface area contributed by atoms with Crippen molar-refractivity contribution < 1.29 is 23.5 Å². The molecule has 0 saturated carbocycles. The lowest BCUT2D eigenvalue weighted by Gasteiger charge is -2.37. The molecule has 3 heterocycles. The van der Waals surface area contributed by atoms with Crippen LogP contribution >= 0.6 is 11.3 Å². The van der Waals surface area contributed by atoms with Crippen LogP contribution in [0.4, 0.5) is 5.69 Å². The van der Waals surface area contributed by atoms with Gasteiger partial charge in [0.25, 0.3) is 5.91 Å². The molecule has 3 aromatic carbocycles. The van der Waals surface area contributed by atoms with E-state index < -0.39 is 17.4 Å². The number of nitrogens with two attached hydrogens (primary N) is 3. The molecule has 228 valence electrons. The van der Waals surface area contributed by atoms with E-state index in [1.165, 1.54) is 17.4 Å². The number of ether oxygens (including phenoxy) is 1. The topological polar surface area (TPSA) is 167 Å². The Balaban J connectivity index is 1.26. The standard InChI is InChI=1S/C34H31N5O5S/c1-3-25(40)39-13-11-19(16-39)38-33(42)31-27-26-22(9-10-23(35)30(26)45-31)34(37,32(41)28(27)36)21-8-7-20(15-17(21)2)44-24-6-4-5-18-12-14-43-29(18)24/h3-10,12,14-15,19,28H,1,11,13,16,35-37H2,2H3,(H,38,42). The fraction of sp³-hybridized carbons (Fsp3) is 0.206. The number of hydrogen-bond acceptors (Lipinski definition) is 9. The van der Waals surface area contributed by atoms with Gasteiger partial charge in [0, 0.05) is 41.2 Å². The van der Waals surface area contributed by atoms with Gasteiger partial charge in [0.05, 0.1) is 21.9 Å². The SMILES string of the molecule is C=CC(=O)N1CCC(NC(=O)c2sc3c(N)ccc4c3c2C(N)C(=O)C4(N)c2ccc(Oc3cccc4ccoc34)cc2C)C1. The summed E-state index contributed by atoms with van der Waals surface area (Å²) in [6, 6.07) is 14.9. The second-order valence-electron chi connectivity index (χ2n) is 11.5. The number of thiophene rings is 1. The lowest BCUT2D eigenvalue weighted by molar-refractivity contribution is -0.125. The quantitative estimate of drug-likeness (QED) is 0.157. The second-order valence-corrected chi connectivity index (χ2v) is 12.5. The Morgan fingerprint density at radius 3 is 2.76 bits per heavy atom. The highest BCUT2D eigenvalue weighted by molar-refractivity contribution is 7.21. The third-order valence-electron chi connectivity index (χ3n) is 8.82. The van der Waals surface area contributed by atoms with E-state index in [4.69, 9.17) is 26.4 Å². The van der Waals surface area contributed by atoms with Crippen LogP contribution in [0, 0.1) is 6.92 Å². The normalized spacial score (nSPS) is 21.0. The number of amides is 2. The molecular weight excluding hydrogens is 590 g/mol. The maximum Gasteiger partial charge on any atom is 0.262 e. The van der Waals surface area contributed by atoms with Gasteiger partial charge in [-0.2, -0.15) is 0 Å². The van der Waals surface area contributed by atoms with Gasteiger partial charge in [-0.15, -0.1) is 11.3 Å². The molecule has 7 rings (SSSR count). The molecule has 2 amide bonds. The molecule has 0 bridgehead atoms. The number of rotatable bonds is 6. The molecule has 7 N–H and O–H groups in total. The molecule has 3 atom stereocenters. The summed E-state index contributed by atoms with van der Waals surface area (Å²) in [5.74, 6) is 0.127. The summed E-state index contributed by atoms with van der Waals surface area (Å²) in [6.45, 7) is 6.29. The molecule has 11 heteroatoms. The van der Waals surface area contributed by atoms with E-state index in [-0.39, 0.29) is 17.9 Å². The lowest BCUT2D eigenvalue weighted by Crippen LogP contribution is -2.53. The number of Topliss-reactive ketones (excluding diaryl/α,β-unsaturated/α-hetero) is 1. The molecule has 45 heavy (non-hydrogen) atoms. The molecule has 1 fully saturated rings. The van der Waals surface area contributed by atoms with Gasteiger partial charge >= 0.3 is 0 Å². The first-order valence-corrected chi connectivity index (χ1v) is 15.3. The zero-order valence-corrected chi connectivity index (χ0v) is 25.3. The van der Waals surface area contributed by atoms with Crippen LogP contribution in [-0.2, 0) is 15.1 Å². The highest BCUT2D eigenvalue weighted by Gasteiger charge is 2.49. The van der Waals surface area contributed by atoms with Gasteiger partial charge in [-0.3, -0.25) is 14.4 Å². The number of carbonyl (C=O) groups is 3. The number of hydrogen-bond donors (Lipinski definition) is 4. The molecule has 2 aliphatic rings. The maximum absolute atomic E-state index is 14.2. The van der Waals surface area contributed by atoms with Crippen LogP contribution in [0.15, 0.2) is 77.9 Å². The monoisotopic (exact) mass is 621 g/mol. The lowest BCUT2D eigenvalue weighted by atomic mass is 9.69. The number of aryl methyl sites for hydroxylation is 1. The summed E-state index contributed by atoms with van der Waals surface area (Å²) in [4.78, 5) is 41.9. The van der Waals surface area contributed by atoms with Crippen LogP contribution in [0.1, 0.15) is 44.4 Å². The molecule has 1 saturated heterocycles. The number of fused-ring (bicyclic) bond motifs is 1. The van der Waals surface area contributed by atoms with Gasteiger partial charge < -0.3 is 36.6 Å². The largest absolute Gasteiger partial charge is 0.460 e. The smallest absolute Gasteiger partial charge is 0.262 e. The molecule has 1 aliphatic carbocycles. The van der Waals surface area contributed by atoms with Crippen LogP contribution < -0.4 is 27.3 Å². The van der Waals surface area contributed by atoms with Gasteiger partial charge in [-0.05, 0) is 66.4 Å². The Morgan fingerprint density at radius 2 is 1.98 bits per heavy atom. The molecule has 10 nitrogen and oxygen atoms in total. The van der Waals surface area contributed by atoms with E-state index in [0.717, 1.165) is 10.9 Å². The minimum Gasteiger partial charge on any atom is -0.460 e. The van der Waals surface area contributed by atoms with E-state index in [9.17, 15) is 14.4 Å². The number of furan rings is 1. The summed E-state index contributed by atoms with van der Waals surface area (Å²) < 4.78 is 12.4. The first-order chi connectivity index (χ1) is 21.6. The molecule has 3 unspecified atom stereocenters. The van der Waals surface area contributed by atoms with Gasteiger partial charge in [-0.1, -0.05) is 30.8 Å². The third kappa shape index (κ3) is 4.42. The van der Waals surface area contributed by atoms with Crippen molar-refractivity contribution in [2.45, 2.75) is 31.0 Å². The first-order valence-electron chi connectivity index (χ1n) is 14.5. The number of nitrogen functional groups attached to an aromatic ring is 1. The van der Waals surface area contributed by atoms with Gasteiger partial charge in [-0.25, -0.2) is 0 Å². The Hall–Kier alpha value is -4.97. The van der Waals surface area contributed by atoms with Crippen molar-refractivity contribution in [3.63, 3.8) is 0 Å². The van der Waals surface area contributed by atoms with Crippen LogP contribution in [0.25, 0.3) is 21.1 Å². The minimum absolute atomic E-state index is 0.183. The number of carbonyl (C=O) groups excluding carboxylic acids is 3. The van der Waals surface area contributed by atoms with Crippen molar-refractivity contribution >= 4 is 55.7 Å². The molecule has 5 aromatic rings. The van der Waals surface area contributed by atoms with Crippen molar-refractivity contribution in [3.05, 3.63) is 101 Å².